The lowest BCUT2D eigenvalue weighted by Gasteiger charge is -2.22. The van der Waals surface area contributed by atoms with Crippen LogP contribution in [0.2, 0.25) is 0 Å². The average Bonchev–Trinajstić information content (AvgIpc) is 3.07. The zero-order valence-electron chi connectivity index (χ0n) is 14.2. The fraction of sp³-hybridized carbons (Fsp3) is 0.294. The molecule has 9 heteroatoms. The number of hydrogen-bond acceptors (Lipinski definition) is 6. The van der Waals surface area contributed by atoms with Gasteiger partial charge in [0.05, 0.1) is 16.4 Å². The van der Waals surface area contributed by atoms with Gasteiger partial charge in [-0.15, -0.1) is 0 Å². The Kier molecular flexibility index (Phi) is 5.05. The van der Waals surface area contributed by atoms with Crippen molar-refractivity contribution in [1.29, 1.82) is 0 Å². The van der Waals surface area contributed by atoms with Gasteiger partial charge < -0.3 is 9.47 Å². The van der Waals surface area contributed by atoms with Crippen molar-refractivity contribution in [3.63, 3.8) is 0 Å². The summed E-state index contributed by atoms with van der Waals surface area (Å²) in [5.41, 5.74) is 1.36. The predicted molar refractivity (Wildman–Crippen MR) is 92.8 cm³/mol. The van der Waals surface area contributed by atoms with Crippen LogP contribution in [0.3, 0.4) is 0 Å². The summed E-state index contributed by atoms with van der Waals surface area (Å²) in [7, 11) is -2.40. The van der Waals surface area contributed by atoms with E-state index in [1.807, 2.05) is 6.92 Å². The molecule has 1 aliphatic rings. The third-order valence-corrected chi connectivity index (χ3v) is 5.98. The van der Waals surface area contributed by atoms with Crippen LogP contribution < -0.4 is 0 Å². The topological polar surface area (TPSA) is 99.0 Å². The lowest BCUT2D eigenvalue weighted by atomic mass is 10.2. The number of sulfonamides is 1. The van der Waals surface area contributed by atoms with Crippen LogP contribution in [0.5, 0.6) is 0 Å². The standard InChI is InChI=1S/C17H18N2O6S/c1-12-3-9-15(10-4-12)26(22,23)18-11-16(24-2)25-17(18)13-5-7-14(8-6-13)19(20)21/h3-10,16-17H,11H2,1-2H3. The molecule has 1 aliphatic heterocycles. The summed E-state index contributed by atoms with van der Waals surface area (Å²) in [6, 6.07) is 12.1. The third-order valence-electron chi connectivity index (χ3n) is 4.15. The Morgan fingerprint density at radius 2 is 1.77 bits per heavy atom. The Hall–Kier alpha value is -2.33. The van der Waals surface area contributed by atoms with Gasteiger partial charge in [0.15, 0.2) is 12.5 Å². The van der Waals surface area contributed by atoms with Gasteiger partial charge in [-0.05, 0) is 36.8 Å². The number of methoxy groups -OCH3 is 1. The molecule has 8 nitrogen and oxygen atoms in total. The Morgan fingerprint density at radius 3 is 2.31 bits per heavy atom. The first-order chi connectivity index (χ1) is 12.3. The molecule has 0 bridgehead atoms. The minimum absolute atomic E-state index is 0.0222. The van der Waals surface area contributed by atoms with Crippen LogP contribution in [0.15, 0.2) is 53.4 Å². The maximum absolute atomic E-state index is 13.0. The molecule has 2 aromatic carbocycles. The van der Waals surface area contributed by atoms with Gasteiger partial charge in [0.1, 0.15) is 0 Å². The highest BCUT2D eigenvalue weighted by molar-refractivity contribution is 7.89. The van der Waals surface area contributed by atoms with Gasteiger partial charge in [-0.1, -0.05) is 17.7 Å². The van der Waals surface area contributed by atoms with Crippen LogP contribution in [-0.2, 0) is 19.5 Å². The number of ether oxygens (including phenoxy) is 2. The summed E-state index contributed by atoms with van der Waals surface area (Å²) in [6.45, 7) is 1.89. The van der Waals surface area contributed by atoms with Crippen LogP contribution in [0, 0.1) is 17.0 Å². The Bertz CT molecular complexity index is 896. The highest BCUT2D eigenvalue weighted by atomic mass is 32.2. The molecule has 0 aromatic heterocycles. The van der Waals surface area contributed by atoms with Crippen molar-refractivity contribution in [1.82, 2.24) is 4.31 Å². The molecule has 3 rings (SSSR count). The van der Waals surface area contributed by atoms with E-state index in [2.05, 4.69) is 0 Å². The normalized spacial score (nSPS) is 21.0. The van der Waals surface area contributed by atoms with E-state index in [-0.39, 0.29) is 17.1 Å². The summed E-state index contributed by atoms with van der Waals surface area (Å²) in [5.74, 6) is 0. The van der Waals surface area contributed by atoms with Gasteiger partial charge in [0, 0.05) is 19.2 Å². The number of hydrogen-bond donors (Lipinski definition) is 0. The fourth-order valence-electron chi connectivity index (χ4n) is 2.70. The molecule has 2 unspecified atom stereocenters. The Balaban J connectivity index is 1.97. The van der Waals surface area contributed by atoms with E-state index < -0.39 is 27.5 Å². The van der Waals surface area contributed by atoms with Crippen molar-refractivity contribution in [2.75, 3.05) is 13.7 Å². The molecular formula is C17H18N2O6S. The molecule has 0 spiro atoms. The SMILES string of the molecule is COC1CN(S(=O)(=O)c2ccc(C)cc2)C(c2ccc([N+](=O)[O-])cc2)O1. The van der Waals surface area contributed by atoms with Gasteiger partial charge in [0.25, 0.3) is 5.69 Å². The highest BCUT2D eigenvalue weighted by Crippen LogP contribution is 2.36. The maximum atomic E-state index is 13.0. The number of nitro benzene ring substituents is 1. The Labute approximate surface area is 151 Å². The van der Waals surface area contributed by atoms with Gasteiger partial charge in [-0.2, -0.15) is 4.31 Å². The number of nitro groups is 1. The van der Waals surface area contributed by atoms with E-state index in [9.17, 15) is 18.5 Å². The minimum Gasteiger partial charge on any atom is -0.354 e. The first-order valence-corrected chi connectivity index (χ1v) is 9.28. The van der Waals surface area contributed by atoms with Gasteiger partial charge in [-0.3, -0.25) is 10.1 Å². The Morgan fingerprint density at radius 1 is 1.15 bits per heavy atom. The lowest BCUT2D eigenvalue weighted by molar-refractivity contribution is -0.384. The van der Waals surface area contributed by atoms with Crippen molar-refractivity contribution in [2.45, 2.75) is 24.3 Å². The molecule has 1 heterocycles. The number of benzene rings is 2. The zero-order valence-corrected chi connectivity index (χ0v) is 15.0. The molecule has 1 saturated heterocycles. The number of non-ortho nitro benzene ring substituents is 1. The number of rotatable bonds is 5. The van der Waals surface area contributed by atoms with E-state index in [0.717, 1.165) is 5.56 Å². The highest BCUT2D eigenvalue weighted by Gasteiger charge is 2.42. The first-order valence-electron chi connectivity index (χ1n) is 7.84. The van der Waals surface area contributed by atoms with E-state index in [1.54, 1.807) is 12.1 Å². The minimum atomic E-state index is -3.83. The molecule has 0 amide bonds. The fourth-order valence-corrected chi connectivity index (χ4v) is 4.19. The van der Waals surface area contributed by atoms with E-state index in [4.69, 9.17) is 9.47 Å². The number of nitrogens with zero attached hydrogens (tertiary/aromatic N) is 2. The first kappa shape index (κ1) is 18.5. The van der Waals surface area contributed by atoms with Crippen molar-refractivity contribution in [2.24, 2.45) is 0 Å². The monoisotopic (exact) mass is 378 g/mol. The van der Waals surface area contributed by atoms with Crippen LogP contribution in [0.1, 0.15) is 17.4 Å². The molecular weight excluding hydrogens is 360 g/mol. The molecule has 0 saturated carbocycles. The smallest absolute Gasteiger partial charge is 0.269 e. The molecule has 0 N–H and O–H groups in total. The van der Waals surface area contributed by atoms with Gasteiger partial charge >= 0.3 is 0 Å². The summed E-state index contributed by atoms with van der Waals surface area (Å²) in [6.07, 6.45) is -1.65. The summed E-state index contributed by atoms with van der Waals surface area (Å²) in [4.78, 5) is 10.4. The summed E-state index contributed by atoms with van der Waals surface area (Å²) >= 11 is 0. The quantitative estimate of drug-likeness (QED) is 0.586. The molecule has 0 aliphatic carbocycles. The summed E-state index contributed by atoms with van der Waals surface area (Å²) < 4.78 is 38.2. The second-order valence-corrected chi connectivity index (χ2v) is 7.78. The van der Waals surface area contributed by atoms with E-state index >= 15 is 0 Å². The molecule has 1 fully saturated rings. The van der Waals surface area contributed by atoms with Crippen LogP contribution in [0.4, 0.5) is 5.69 Å². The average molecular weight is 378 g/mol. The van der Waals surface area contributed by atoms with Crippen LogP contribution >= 0.6 is 0 Å². The molecule has 138 valence electrons. The lowest BCUT2D eigenvalue weighted by Crippen LogP contribution is -2.32. The van der Waals surface area contributed by atoms with Crippen LogP contribution in [-0.4, -0.2) is 37.6 Å². The molecule has 26 heavy (non-hydrogen) atoms. The van der Waals surface area contributed by atoms with Gasteiger partial charge in [0.2, 0.25) is 10.0 Å². The van der Waals surface area contributed by atoms with Gasteiger partial charge in [-0.25, -0.2) is 8.42 Å². The predicted octanol–water partition coefficient (Wildman–Crippen LogP) is 2.60. The van der Waals surface area contributed by atoms with Crippen molar-refractivity contribution < 1.29 is 22.8 Å². The maximum Gasteiger partial charge on any atom is 0.269 e. The number of aryl methyl sites for hydroxylation is 1. The van der Waals surface area contributed by atoms with E-state index in [1.165, 1.54) is 47.8 Å². The molecule has 0 radical (unpaired) electrons. The zero-order chi connectivity index (χ0) is 18.9. The van der Waals surface area contributed by atoms with Crippen molar-refractivity contribution >= 4 is 15.7 Å². The van der Waals surface area contributed by atoms with E-state index in [0.29, 0.717) is 5.56 Å². The third kappa shape index (κ3) is 3.47. The molecule has 2 atom stereocenters. The van der Waals surface area contributed by atoms with Crippen LogP contribution in [0.25, 0.3) is 0 Å². The largest absolute Gasteiger partial charge is 0.354 e. The molecule has 2 aromatic rings. The van der Waals surface area contributed by atoms with Crippen molar-refractivity contribution in [3.8, 4) is 0 Å². The van der Waals surface area contributed by atoms with Crippen molar-refractivity contribution in [3.05, 3.63) is 69.8 Å². The second-order valence-electron chi connectivity index (χ2n) is 5.89. The summed E-state index contributed by atoms with van der Waals surface area (Å²) in [5, 5.41) is 10.8. The second kappa shape index (κ2) is 7.12.